The normalized spacial score (nSPS) is 22.2. The lowest BCUT2D eigenvalue weighted by molar-refractivity contribution is 0.298. The molecular formula is C21H23FN2S. The van der Waals surface area contributed by atoms with E-state index in [0.717, 1.165) is 16.8 Å². The van der Waals surface area contributed by atoms with Crippen molar-refractivity contribution in [3.63, 3.8) is 0 Å². The van der Waals surface area contributed by atoms with Gasteiger partial charge in [-0.3, -0.25) is 4.98 Å². The van der Waals surface area contributed by atoms with Crippen LogP contribution in [0.2, 0.25) is 0 Å². The van der Waals surface area contributed by atoms with Gasteiger partial charge in [0.05, 0.1) is 10.5 Å². The number of benzene rings is 1. The van der Waals surface area contributed by atoms with Crippen LogP contribution in [0.5, 0.6) is 0 Å². The molecule has 2 heterocycles. The summed E-state index contributed by atoms with van der Waals surface area (Å²) in [5, 5.41) is 4.32. The van der Waals surface area contributed by atoms with E-state index in [1.807, 2.05) is 12.4 Å². The Labute approximate surface area is 152 Å². The zero-order valence-corrected chi connectivity index (χ0v) is 15.3. The monoisotopic (exact) mass is 354 g/mol. The Morgan fingerprint density at radius 2 is 1.96 bits per heavy atom. The van der Waals surface area contributed by atoms with Crippen LogP contribution in [0.3, 0.4) is 0 Å². The lowest BCUT2D eigenvalue weighted by atomic mass is 9.75. The molecule has 2 nitrogen and oxygen atoms in total. The van der Waals surface area contributed by atoms with Crippen LogP contribution in [0, 0.1) is 11.7 Å². The third-order valence-electron chi connectivity index (χ3n) is 5.58. The van der Waals surface area contributed by atoms with Crippen molar-refractivity contribution in [2.75, 3.05) is 0 Å². The van der Waals surface area contributed by atoms with Gasteiger partial charge in [-0.25, -0.2) is 9.37 Å². The maximum atomic E-state index is 13.7. The maximum Gasteiger partial charge on any atom is 0.123 e. The molecule has 1 aliphatic rings. The van der Waals surface area contributed by atoms with Gasteiger partial charge in [-0.15, -0.1) is 11.3 Å². The lowest BCUT2D eigenvalue weighted by Gasteiger charge is -2.30. The van der Waals surface area contributed by atoms with Crippen molar-refractivity contribution in [3.05, 3.63) is 58.4 Å². The molecule has 1 saturated carbocycles. The molecule has 1 fully saturated rings. The molecule has 0 bridgehead atoms. The Hall–Kier alpha value is -1.81. The van der Waals surface area contributed by atoms with E-state index in [1.165, 1.54) is 48.7 Å². The molecule has 1 aliphatic carbocycles. The van der Waals surface area contributed by atoms with Crippen LogP contribution < -0.4 is 0 Å². The Kier molecular flexibility index (Phi) is 4.80. The first-order valence-corrected chi connectivity index (χ1v) is 10.0. The number of rotatable bonds is 4. The van der Waals surface area contributed by atoms with Gasteiger partial charge in [-0.1, -0.05) is 6.92 Å². The summed E-state index contributed by atoms with van der Waals surface area (Å²) in [7, 11) is 0. The molecule has 0 amide bonds. The van der Waals surface area contributed by atoms with E-state index in [9.17, 15) is 4.39 Å². The molecule has 4 rings (SSSR count). The molecule has 0 radical (unpaired) electrons. The molecule has 0 unspecified atom stereocenters. The van der Waals surface area contributed by atoms with Gasteiger partial charge in [-0.2, -0.15) is 0 Å². The summed E-state index contributed by atoms with van der Waals surface area (Å²) < 4.78 is 13.7. The Morgan fingerprint density at radius 1 is 1.12 bits per heavy atom. The van der Waals surface area contributed by atoms with Gasteiger partial charge in [0, 0.05) is 29.1 Å². The second kappa shape index (κ2) is 7.20. The van der Waals surface area contributed by atoms with Crippen LogP contribution in [0.4, 0.5) is 4.39 Å². The first-order chi connectivity index (χ1) is 12.2. The second-order valence-corrected chi connectivity index (χ2v) is 8.21. The van der Waals surface area contributed by atoms with Crippen molar-refractivity contribution in [1.82, 2.24) is 9.97 Å². The number of halogens is 1. The molecule has 0 aliphatic heterocycles. The van der Waals surface area contributed by atoms with E-state index in [2.05, 4.69) is 28.3 Å². The van der Waals surface area contributed by atoms with Crippen LogP contribution in [0.25, 0.3) is 10.9 Å². The lowest BCUT2D eigenvalue weighted by Crippen LogP contribution is -2.15. The van der Waals surface area contributed by atoms with Gasteiger partial charge < -0.3 is 0 Å². The third-order valence-corrected chi connectivity index (χ3v) is 6.59. The third kappa shape index (κ3) is 3.59. The van der Waals surface area contributed by atoms with E-state index in [-0.39, 0.29) is 5.82 Å². The summed E-state index contributed by atoms with van der Waals surface area (Å²) in [5.41, 5.74) is 2.18. The van der Waals surface area contributed by atoms with Crippen molar-refractivity contribution in [3.8, 4) is 0 Å². The fraction of sp³-hybridized carbons (Fsp3) is 0.429. The Morgan fingerprint density at radius 3 is 2.72 bits per heavy atom. The molecule has 3 aromatic rings. The molecule has 25 heavy (non-hydrogen) atoms. The number of nitrogens with zero attached hydrogens (tertiary/aromatic N) is 2. The molecule has 2 aromatic heterocycles. The highest BCUT2D eigenvalue weighted by Gasteiger charge is 2.25. The second-order valence-electron chi connectivity index (χ2n) is 7.29. The highest BCUT2D eigenvalue weighted by atomic mass is 32.1. The fourth-order valence-corrected chi connectivity index (χ4v) is 4.99. The van der Waals surface area contributed by atoms with Crippen LogP contribution in [0.15, 0.2) is 42.0 Å². The summed E-state index contributed by atoms with van der Waals surface area (Å²) in [4.78, 5) is 8.85. The zero-order valence-electron chi connectivity index (χ0n) is 14.5. The van der Waals surface area contributed by atoms with Crippen molar-refractivity contribution < 1.29 is 4.39 Å². The minimum absolute atomic E-state index is 0.173. The van der Waals surface area contributed by atoms with Crippen molar-refractivity contribution in [1.29, 1.82) is 0 Å². The average molecular weight is 354 g/mol. The molecule has 130 valence electrons. The van der Waals surface area contributed by atoms with Crippen LogP contribution in [-0.2, 0) is 0 Å². The molecule has 4 heteroatoms. The summed E-state index contributed by atoms with van der Waals surface area (Å²) in [6.45, 7) is 2.30. The number of hydrogen-bond donors (Lipinski definition) is 0. The van der Waals surface area contributed by atoms with Gasteiger partial charge in [-0.05, 0) is 73.8 Å². The van der Waals surface area contributed by atoms with Gasteiger partial charge in [0.15, 0.2) is 0 Å². The van der Waals surface area contributed by atoms with E-state index in [1.54, 1.807) is 23.5 Å². The summed E-state index contributed by atoms with van der Waals surface area (Å²) in [6.07, 6.45) is 9.87. The van der Waals surface area contributed by atoms with Gasteiger partial charge in [0.25, 0.3) is 0 Å². The van der Waals surface area contributed by atoms with E-state index >= 15 is 0 Å². The van der Waals surface area contributed by atoms with Gasteiger partial charge in [0.2, 0.25) is 0 Å². The molecule has 0 saturated heterocycles. The van der Waals surface area contributed by atoms with Crippen LogP contribution in [0.1, 0.15) is 61.4 Å². The maximum absolute atomic E-state index is 13.7. The topological polar surface area (TPSA) is 25.8 Å². The Balaban J connectivity index is 1.45. The largest absolute Gasteiger partial charge is 0.256 e. The summed E-state index contributed by atoms with van der Waals surface area (Å²) in [6, 6.07) is 7.02. The van der Waals surface area contributed by atoms with Gasteiger partial charge >= 0.3 is 0 Å². The summed E-state index contributed by atoms with van der Waals surface area (Å²) in [5.74, 6) is 1.68. The molecule has 0 N–H and O–H groups in total. The smallest absolute Gasteiger partial charge is 0.123 e. The molecule has 1 aromatic carbocycles. The molecule has 0 spiro atoms. The fourth-order valence-electron chi connectivity index (χ4n) is 4.28. The van der Waals surface area contributed by atoms with Crippen molar-refractivity contribution >= 4 is 22.2 Å². The predicted molar refractivity (Wildman–Crippen MR) is 102 cm³/mol. The zero-order chi connectivity index (χ0) is 17.2. The molecular weight excluding hydrogens is 331 g/mol. The van der Waals surface area contributed by atoms with Crippen LogP contribution >= 0.6 is 11.3 Å². The summed E-state index contributed by atoms with van der Waals surface area (Å²) >= 11 is 1.77. The number of pyridine rings is 1. The number of fused-ring (bicyclic) bond motifs is 1. The average Bonchev–Trinajstić information content (AvgIpc) is 3.17. The van der Waals surface area contributed by atoms with E-state index in [4.69, 9.17) is 0 Å². The highest BCUT2D eigenvalue weighted by molar-refractivity contribution is 7.09. The predicted octanol–water partition coefficient (Wildman–Crippen LogP) is 6.30. The Bertz CT molecular complexity index is 838. The van der Waals surface area contributed by atoms with Crippen molar-refractivity contribution in [2.24, 2.45) is 5.92 Å². The van der Waals surface area contributed by atoms with Crippen LogP contribution in [-0.4, -0.2) is 9.97 Å². The highest BCUT2D eigenvalue weighted by Crippen LogP contribution is 2.41. The van der Waals surface area contributed by atoms with E-state index < -0.39 is 0 Å². The number of thiazole rings is 1. The number of aromatic nitrogens is 2. The first kappa shape index (κ1) is 16.6. The number of hydrogen-bond acceptors (Lipinski definition) is 3. The first-order valence-electron chi connectivity index (χ1n) is 9.14. The van der Waals surface area contributed by atoms with Gasteiger partial charge in [0.1, 0.15) is 5.82 Å². The van der Waals surface area contributed by atoms with E-state index in [0.29, 0.717) is 11.8 Å². The minimum atomic E-state index is -0.173. The minimum Gasteiger partial charge on any atom is -0.256 e. The SMILES string of the molecule is C[C@H](CC1CCC(c2ccnc3ccc(F)cc23)CC1)c1nccs1. The standard InChI is InChI=1S/C21H23FN2S/c1-14(21-24-10-11-25-21)12-15-2-4-16(5-3-15)18-8-9-23-20-7-6-17(22)13-19(18)20/h6-11,13-16H,2-5,12H2,1H3/t14-,15?,16?/m1/s1. The molecule has 1 atom stereocenters. The quantitative estimate of drug-likeness (QED) is 0.549. The van der Waals surface area contributed by atoms with Crippen molar-refractivity contribution in [2.45, 2.75) is 50.9 Å².